The molecule has 2 aliphatic rings. The minimum Gasteiger partial charge on any atom is -0.342 e. The fourth-order valence-corrected chi connectivity index (χ4v) is 4.63. The van der Waals surface area contributed by atoms with Crippen molar-refractivity contribution in [2.45, 2.75) is 64.2 Å². The van der Waals surface area contributed by atoms with Crippen LogP contribution in [0.3, 0.4) is 0 Å². The van der Waals surface area contributed by atoms with E-state index in [-0.39, 0.29) is 5.92 Å². The lowest BCUT2D eigenvalue weighted by atomic mass is 9.75. The Morgan fingerprint density at radius 2 is 1.78 bits per heavy atom. The molecule has 1 saturated carbocycles. The average molecular weight is 313 g/mol. The molecule has 2 heteroatoms. The van der Waals surface area contributed by atoms with Gasteiger partial charge in [-0.25, -0.2) is 0 Å². The van der Waals surface area contributed by atoms with E-state index in [1.807, 2.05) is 0 Å². The van der Waals surface area contributed by atoms with E-state index in [4.69, 9.17) is 0 Å². The number of carbonyl (C=O) groups excluding carboxylic acids is 1. The maximum absolute atomic E-state index is 13.1. The SMILES string of the molecule is CCCN1CCC(c2ccccc2)CC(C2CCCCC2)C1=O. The summed E-state index contributed by atoms with van der Waals surface area (Å²) >= 11 is 0. The Bertz CT molecular complexity index is 492. The van der Waals surface area contributed by atoms with Gasteiger partial charge in [0, 0.05) is 19.0 Å². The topological polar surface area (TPSA) is 20.3 Å². The van der Waals surface area contributed by atoms with E-state index in [0.717, 1.165) is 32.4 Å². The fraction of sp³-hybridized carbons (Fsp3) is 0.667. The van der Waals surface area contributed by atoms with Crippen LogP contribution in [0.2, 0.25) is 0 Å². The van der Waals surface area contributed by atoms with E-state index in [1.165, 1.54) is 37.7 Å². The lowest BCUT2D eigenvalue weighted by molar-refractivity contribution is -0.137. The number of benzene rings is 1. The van der Waals surface area contributed by atoms with Gasteiger partial charge in [-0.3, -0.25) is 4.79 Å². The molecule has 0 aromatic heterocycles. The predicted molar refractivity (Wildman–Crippen MR) is 95.4 cm³/mol. The molecule has 2 unspecified atom stereocenters. The number of amides is 1. The maximum Gasteiger partial charge on any atom is 0.225 e. The zero-order chi connectivity index (χ0) is 16.1. The van der Waals surface area contributed by atoms with Gasteiger partial charge in [-0.1, -0.05) is 56.5 Å². The molecular weight excluding hydrogens is 282 g/mol. The molecule has 2 nitrogen and oxygen atoms in total. The number of carbonyl (C=O) groups is 1. The predicted octanol–water partition coefficient (Wildman–Crippen LogP) is 5.00. The number of nitrogens with zero attached hydrogens (tertiary/aromatic N) is 1. The Hall–Kier alpha value is -1.31. The maximum atomic E-state index is 13.1. The Morgan fingerprint density at radius 1 is 1.04 bits per heavy atom. The van der Waals surface area contributed by atoms with Crippen LogP contribution < -0.4 is 0 Å². The third-order valence-electron chi connectivity index (χ3n) is 5.90. The van der Waals surface area contributed by atoms with Gasteiger partial charge in [-0.15, -0.1) is 0 Å². The van der Waals surface area contributed by atoms with Crippen molar-refractivity contribution in [3.63, 3.8) is 0 Å². The molecule has 0 radical (unpaired) electrons. The van der Waals surface area contributed by atoms with Crippen LogP contribution in [0.5, 0.6) is 0 Å². The first-order valence-corrected chi connectivity index (χ1v) is 9.63. The number of hydrogen-bond donors (Lipinski definition) is 0. The quantitative estimate of drug-likeness (QED) is 0.766. The first-order chi connectivity index (χ1) is 11.3. The van der Waals surface area contributed by atoms with Gasteiger partial charge < -0.3 is 4.90 Å². The number of hydrogen-bond acceptors (Lipinski definition) is 1. The summed E-state index contributed by atoms with van der Waals surface area (Å²) in [4.78, 5) is 15.3. The molecule has 0 spiro atoms. The molecule has 1 saturated heterocycles. The second-order valence-corrected chi connectivity index (χ2v) is 7.46. The lowest BCUT2D eigenvalue weighted by Crippen LogP contribution is -2.38. The second kappa shape index (κ2) is 7.99. The zero-order valence-corrected chi connectivity index (χ0v) is 14.5. The smallest absolute Gasteiger partial charge is 0.225 e. The van der Waals surface area contributed by atoms with Gasteiger partial charge in [0.05, 0.1) is 0 Å². The van der Waals surface area contributed by atoms with Gasteiger partial charge in [0.1, 0.15) is 0 Å². The molecule has 0 bridgehead atoms. The van der Waals surface area contributed by atoms with Crippen molar-refractivity contribution in [1.82, 2.24) is 4.90 Å². The van der Waals surface area contributed by atoms with Crippen LogP contribution in [-0.4, -0.2) is 23.9 Å². The summed E-state index contributed by atoms with van der Waals surface area (Å²) in [6, 6.07) is 10.9. The summed E-state index contributed by atoms with van der Waals surface area (Å²) in [7, 11) is 0. The van der Waals surface area contributed by atoms with Gasteiger partial charge in [-0.05, 0) is 49.5 Å². The van der Waals surface area contributed by atoms with Crippen LogP contribution in [0.15, 0.2) is 30.3 Å². The minimum atomic E-state index is 0.259. The van der Waals surface area contributed by atoms with Crippen LogP contribution in [0.1, 0.15) is 69.8 Å². The molecule has 1 aromatic rings. The zero-order valence-electron chi connectivity index (χ0n) is 14.5. The fourth-order valence-electron chi connectivity index (χ4n) is 4.63. The molecule has 23 heavy (non-hydrogen) atoms. The van der Waals surface area contributed by atoms with Crippen molar-refractivity contribution in [3.05, 3.63) is 35.9 Å². The molecule has 1 heterocycles. The van der Waals surface area contributed by atoms with E-state index < -0.39 is 0 Å². The van der Waals surface area contributed by atoms with Gasteiger partial charge in [-0.2, -0.15) is 0 Å². The van der Waals surface area contributed by atoms with E-state index in [2.05, 4.69) is 42.2 Å². The molecule has 3 rings (SSSR count). The number of likely N-dealkylation sites (tertiary alicyclic amines) is 1. The molecule has 1 aliphatic carbocycles. The Kier molecular flexibility index (Phi) is 5.75. The lowest BCUT2D eigenvalue weighted by Gasteiger charge is -2.32. The van der Waals surface area contributed by atoms with Crippen molar-refractivity contribution in [2.24, 2.45) is 11.8 Å². The normalized spacial score (nSPS) is 27.0. The van der Waals surface area contributed by atoms with Crippen LogP contribution in [0.4, 0.5) is 0 Å². The van der Waals surface area contributed by atoms with Crippen LogP contribution in [0, 0.1) is 11.8 Å². The van der Waals surface area contributed by atoms with Gasteiger partial charge >= 0.3 is 0 Å². The summed E-state index contributed by atoms with van der Waals surface area (Å²) in [5, 5.41) is 0. The van der Waals surface area contributed by atoms with Crippen molar-refractivity contribution < 1.29 is 4.79 Å². The summed E-state index contributed by atoms with van der Waals surface area (Å²) in [5.74, 6) is 1.89. The van der Waals surface area contributed by atoms with Crippen LogP contribution >= 0.6 is 0 Å². The molecular formula is C21H31NO. The molecule has 126 valence electrons. The van der Waals surface area contributed by atoms with E-state index in [0.29, 0.717) is 17.7 Å². The van der Waals surface area contributed by atoms with Crippen molar-refractivity contribution in [2.75, 3.05) is 13.1 Å². The summed E-state index contributed by atoms with van der Waals surface area (Å²) in [6.45, 7) is 4.06. The largest absolute Gasteiger partial charge is 0.342 e. The first kappa shape index (κ1) is 16.5. The van der Waals surface area contributed by atoms with Crippen molar-refractivity contribution in [1.29, 1.82) is 0 Å². The van der Waals surface area contributed by atoms with Gasteiger partial charge in [0.2, 0.25) is 5.91 Å². The van der Waals surface area contributed by atoms with Crippen LogP contribution in [-0.2, 0) is 4.79 Å². The highest BCUT2D eigenvalue weighted by molar-refractivity contribution is 5.79. The first-order valence-electron chi connectivity index (χ1n) is 9.63. The van der Waals surface area contributed by atoms with Crippen molar-refractivity contribution >= 4 is 5.91 Å². The van der Waals surface area contributed by atoms with Crippen LogP contribution in [0.25, 0.3) is 0 Å². The molecule has 2 fully saturated rings. The Morgan fingerprint density at radius 3 is 2.48 bits per heavy atom. The molecule has 1 aromatic carbocycles. The highest BCUT2D eigenvalue weighted by atomic mass is 16.2. The van der Waals surface area contributed by atoms with E-state index in [1.54, 1.807) is 0 Å². The van der Waals surface area contributed by atoms with E-state index >= 15 is 0 Å². The van der Waals surface area contributed by atoms with Gasteiger partial charge in [0.25, 0.3) is 0 Å². The second-order valence-electron chi connectivity index (χ2n) is 7.46. The molecule has 1 amide bonds. The summed E-state index contributed by atoms with van der Waals surface area (Å²) in [6.07, 6.45) is 9.77. The summed E-state index contributed by atoms with van der Waals surface area (Å²) < 4.78 is 0. The molecule has 1 aliphatic heterocycles. The minimum absolute atomic E-state index is 0.259. The van der Waals surface area contributed by atoms with Crippen molar-refractivity contribution in [3.8, 4) is 0 Å². The third kappa shape index (κ3) is 3.97. The highest BCUT2D eigenvalue weighted by Gasteiger charge is 2.36. The standard InChI is InChI=1S/C21H31NO/c1-2-14-22-15-13-19(17-9-5-3-6-10-17)16-20(21(22)23)18-11-7-4-8-12-18/h3,5-6,9-10,18-20H,2,4,7-8,11-16H2,1H3. The average Bonchev–Trinajstić information content (AvgIpc) is 2.77. The highest BCUT2D eigenvalue weighted by Crippen LogP contribution is 2.40. The summed E-state index contributed by atoms with van der Waals surface area (Å²) in [5.41, 5.74) is 1.43. The monoisotopic (exact) mass is 313 g/mol. The van der Waals surface area contributed by atoms with E-state index in [9.17, 15) is 4.79 Å². The molecule has 2 atom stereocenters. The third-order valence-corrected chi connectivity index (χ3v) is 5.90. The van der Waals surface area contributed by atoms with Gasteiger partial charge in [0.15, 0.2) is 0 Å². The molecule has 0 N–H and O–H groups in total. The number of rotatable bonds is 4. The Labute approximate surface area is 141 Å². The Balaban J connectivity index is 1.81.